The van der Waals surface area contributed by atoms with Crippen LogP contribution in [0.2, 0.25) is 0 Å². The van der Waals surface area contributed by atoms with Crippen LogP contribution < -0.4 is 22.1 Å². The Bertz CT molecular complexity index is 1500. The minimum atomic E-state index is -0.990. The third kappa shape index (κ3) is 4.11. The third-order valence-electron chi connectivity index (χ3n) is 5.36. The van der Waals surface area contributed by atoms with Crippen molar-refractivity contribution < 1.29 is 4.79 Å². The molecule has 0 aliphatic heterocycles. The van der Waals surface area contributed by atoms with Crippen LogP contribution in [-0.2, 0) is 4.79 Å². The molecule has 4 aromatic rings. The van der Waals surface area contributed by atoms with Gasteiger partial charge in [0.1, 0.15) is 6.04 Å². The van der Waals surface area contributed by atoms with Crippen molar-refractivity contribution in [2.24, 2.45) is 0 Å². The quantitative estimate of drug-likeness (QED) is 0.418. The number of pyridine rings is 1. The molecule has 3 N–H and O–H groups in total. The van der Waals surface area contributed by atoms with Gasteiger partial charge < -0.3 is 15.3 Å². The molecule has 0 saturated carbocycles. The number of aromatic nitrogens is 3. The molecule has 8 nitrogen and oxygen atoms in total. The van der Waals surface area contributed by atoms with E-state index in [4.69, 9.17) is 0 Å². The number of anilines is 1. The van der Waals surface area contributed by atoms with Gasteiger partial charge in [0.2, 0.25) is 11.5 Å². The van der Waals surface area contributed by atoms with Gasteiger partial charge in [0.15, 0.2) is 0 Å². The lowest BCUT2D eigenvalue weighted by atomic mass is 10.1. The number of amides is 1. The number of carbonyl (C=O) groups is 1. The summed E-state index contributed by atoms with van der Waals surface area (Å²) < 4.78 is 0.987. The molecule has 0 spiro atoms. The average Bonchev–Trinajstić information content (AvgIpc) is 2.75. The van der Waals surface area contributed by atoms with Crippen molar-refractivity contribution >= 4 is 45.2 Å². The van der Waals surface area contributed by atoms with Gasteiger partial charge >= 0.3 is 5.69 Å². The first kappa shape index (κ1) is 21.6. The number of para-hydroxylation sites is 1. The maximum atomic E-state index is 13.2. The summed E-state index contributed by atoms with van der Waals surface area (Å²) in [5, 5.41) is 4.01. The average molecular weight is 451 g/mol. The lowest BCUT2D eigenvalue weighted by molar-refractivity contribution is -0.119. The standard InChI is InChI=1S/C23H22N4O4S/c1-13-11-20(28)25-18-12-14(7-8-15(13)18)24-21(29)19(9-10-32-2)27-22(30)16-5-3-4-6-17(16)26-23(27)31/h3-8,11-12,19H,9-10H2,1-2H3,(H,24,29)(H,25,28)(H,26,31)/t19-/m0/s1. The molecule has 0 aliphatic carbocycles. The second-order valence-electron chi connectivity index (χ2n) is 7.51. The van der Waals surface area contributed by atoms with Gasteiger partial charge in [-0.1, -0.05) is 18.2 Å². The van der Waals surface area contributed by atoms with Crippen molar-refractivity contribution in [1.29, 1.82) is 0 Å². The molecule has 0 radical (unpaired) electrons. The van der Waals surface area contributed by atoms with Crippen LogP contribution in [0.15, 0.2) is 62.9 Å². The Morgan fingerprint density at radius 2 is 1.81 bits per heavy atom. The van der Waals surface area contributed by atoms with Crippen molar-refractivity contribution in [2.75, 3.05) is 17.3 Å². The second kappa shape index (κ2) is 8.88. The highest BCUT2D eigenvalue weighted by molar-refractivity contribution is 7.98. The molecule has 2 aromatic heterocycles. The molecule has 0 saturated heterocycles. The fourth-order valence-corrected chi connectivity index (χ4v) is 4.26. The van der Waals surface area contributed by atoms with Crippen LogP contribution in [-0.4, -0.2) is 32.5 Å². The summed E-state index contributed by atoms with van der Waals surface area (Å²) in [6, 6.07) is 12.4. The molecular weight excluding hydrogens is 428 g/mol. The zero-order valence-corrected chi connectivity index (χ0v) is 18.4. The highest BCUT2D eigenvalue weighted by Crippen LogP contribution is 2.21. The lowest BCUT2D eigenvalue weighted by Gasteiger charge is -2.19. The summed E-state index contributed by atoms with van der Waals surface area (Å²) in [6.45, 7) is 1.84. The molecule has 1 amide bonds. The summed E-state index contributed by atoms with van der Waals surface area (Å²) in [7, 11) is 0. The van der Waals surface area contributed by atoms with Gasteiger partial charge in [-0.25, -0.2) is 9.36 Å². The maximum absolute atomic E-state index is 13.2. The van der Waals surface area contributed by atoms with E-state index in [2.05, 4.69) is 15.3 Å². The van der Waals surface area contributed by atoms with E-state index in [0.717, 1.165) is 15.5 Å². The number of thioether (sulfide) groups is 1. The first-order valence-electron chi connectivity index (χ1n) is 10.1. The van der Waals surface area contributed by atoms with E-state index in [1.807, 2.05) is 19.2 Å². The fraction of sp³-hybridized carbons (Fsp3) is 0.217. The smallest absolute Gasteiger partial charge is 0.324 e. The first-order chi connectivity index (χ1) is 15.4. The van der Waals surface area contributed by atoms with E-state index < -0.39 is 23.2 Å². The van der Waals surface area contributed by atoms with E-state index in [0.29, 0.717) is 34.3 Å². The number of carbonyl (C=O) groups excluding carboxylic acids is 1. The van der Waals surface area contributed by atoms with Gasteiger partial charge in [-0.05, 0) is 55.2 Å². The van der Waals surface area contributed by atoms with E-state index in [9.17, 15) is 19.2 Å². The van der Waals surface area contributed by atoms with Crippen molar-refractivity contribution in [3.8, 4) is 0 Å². The van der Waals surface area contributed by atoms with E-state index in [-0.39, 0.29) is 5.56 Å². The van der Waals surface area contributed by atoms with Gasteiger partial charge in [-0.2, -0.15) is 11.8 Å². The molecular formula is C23H22N4O4S. The van der Waals surface area contributed by atoms with Gasteiger partial charge in [0.25, 0.3) is 5.56 Å². The minimum absolute atomic E-state index is 0.231. The fourth-order valence-electron chi connectivity index (χ4n) is 3.80. The maximum Gasteiger partial charge on any atom is 0.329 e. The summed E-state index contributed by atoms with van der Waals surface area (Å²) in [4.78, 5) is 56.3. The zero-order valence-electron chi connectivity index (χ0n) is 17.6. The summed E-state index contributed by atoms with van der Waals surface area (Å²) in [5.74, 6) is 0.109. The van der Waals surface area contributed by atoms with Crippen LogP contribution in [0, 0.1) is 6.92 Å². The van der Waals surface area contributed by atoms with E-state index in [1.54, 1.807) is 36.4 Å². The Balaban J connectivity index is 1.75. The van der Waals surface area contributed by atoms with Gasteiger partial charge in [-0.3, -0.25) is 14.4 Å². The molecule has 0 unspecified atom stereocenters. The Kier molecular flexibility index (Phi) is 6.00. The highest BCUT2D eigenvalue weighted by atomic mass is 32.2. The van der Waals surface area contributed by atoms with Crippen LogP contribution in [0.1, 0.15) is 18.0 Å². The SMILES string of the molecule is CSCC[C@@H](C(=O)Nc1ccc2c(C)cc(=O)[nH]c2c1)n1c(=O)[nH]c2ccccc2c1=O. The lowest BCUT2D eigenvalue weighted by Crippen LogP contribution is -2.43. The Morgan fingerprint density at radius 1 is 1.03 bits per heavy atom. The van der Waals surface area contributed by atoms with E-state index in [1.165, 1.54) is 17.8 Å². The number of hydrogen-bond acceptors (Lipinski definition) is 5. The van der Waals surface area contributed by atoms with Crippen molar-refractivity contribution in [1.82, 2.24) is 14.5 Å². The first-order valence-corrected chi connectivity index (χ1v) is 11.5. The van der Waals surface area contributed by atoms with Gasteiger partial charge in [-0.15, -0.1) is 0 Å². The number of nitrogens with one attached hydrogen (secondary N) is 3. The van der Waals surface area contributed by atoms with Crippen LogP contribution in [0.3, 0.4) is 0 Å². The molecule has 2 aromatic carbocycles. The number of fused-ring (bicyclic) bond motifs is 2. The number of H-pyrrole nitrogens is 2. The van der Waals surface area contributed by atoms with Crippen molar-refractivity contribution in [3.05, 3.63) is 85.3 Å². The van der Waals surface area contributed by atoms with Gasteiger partial charge in [0.05, 0.1) is 16.4 Å². The molecule has 0 fully saturated rings. The molecule has 32 heavy (non-hydrogen) atoms. The Morgan fingerprint density at radius 3 is 2.59 bits per heavy atom. The summed E-state index contributed by atoms with van der Waals surface area (Å²) >= 11 is 1.52. The van der Waals surface area contributed by atoms with Crippen molar-refractivity contribution in [3.63, 3.8) is 0 Å². The zero-order chi connectivity index (χ0) is 22.8. The van der Waals surface area contributed by atoms with Crippen molar-refractivity contribution in [2.45, 2.75) is 19.4 Å². The highest BCUT2D eigenvalue weighted by Gasteiger charge is 2.25. The topological polar surface area (TPSA) is 117 Å². The number of benzene rings is 2. The third-order valence-corrected chi connectivity index (χ3v) is 6.01. The molecule has 4 rings (SSSR count). The monoisotopic (exact) mass is 450 g/mol. The molecule has 1 atom stereocenters. The molecule has 2 heterocycles. The predicted octanol–water partition coefficient (Wildman–Crippen LogP) is 2.77. The second-order valence-corrected chi connectivity index (χ2v) is 8.50. The molecule has 0 bridgehead atoms. The number of aromatic amines is 2. The van der Waals surface area contributed by atoms with Crippen LogP contribution in [0.4, 0.5) is 5.69 Å². The van der Waals surface area contributed by atoms with Crippen LogP contribution in [0.5, 0.6) is 0 Å². The Labute approximate surface area is 186 Å². The number of hydrogen-bond donors (Lipinski definition) is 3. The number of nitrogens with zero attached hydrogens (tertiary/aromatic N) is 1. The number of aryl methyl sites for hydroxylation is 1. The summed E-state index contributed by atoms with van der Waals surface area (Å²) in [6.07, 6.45) is 2.20. The molecule has 9 heteroatoms. The number of rotatable bonds is 6. The van der Waals surface area contributed by atoms with Gasteiger partial charge in [0, 0.05) is 17.1 Å². The van der Waals surface area contributed by atoms with Crippen LogP contribution >= 0.6 is 11.8 Å². The summed E-state index contributed by atoms with van der Waals surface area (Å²) in [5.41, 5.74) is 0.936. The van der Waals surface area contributed by atoms with E-state index >= 15 is 0 Å². The molecule has 164 valence electrons. The normalized spacial score (nSPS) is 12.2. The molecule has 0 aliphatic rings. The predicted molar refractivity (Wildman–Crippen MR) is 129 cm³/mol. The van der Waals surface area contributed by atoms with Crippen LogP contribution in [0.25, 0.3) is 21.8 Å². The minimum Gasteiger partial charge on any atom is -0.324 e. The Hall–Kier alpha value is -3.59. The largest absolute Gasteiger partial charge is 0.329 e.